The summed E-state index contributed by atoms with van der Waals surface area (Å²) in [4.78, 5) is 27.5. The highest BCUT2D eigenvalue weighted by molar-refractivity contribution is 5.99. The van der Waals surface area contributed by atoms with Crippen molar-refractivity contribution in [3.8, 4) is 22.9 Å². The summed E-state index contributed by atoms with van der Waals surface area (Å²) in [5, 5.41) is 3.42. The molecule has 3 aromatic heterocycles. The number of anilines is 1. The van der Waals surface area contributed by atoms with Gasteiger partial charge in [0.25, 0.3) is 0 Å². The lowest BCUT2D eigenvalue weighted by atomic mass is 10.1. The molecule has 1 aliphatic rings. The average molecular weight is 357 g/mol. The molecule has 8 nitrogen and oxygen atoms in total. The molecular formula is C17H16FN5O3. The van der Waals surface area contributed by atoms with Gasteiger partial charge in [-0.2, -0.15) is 0 Å². The van der Waals surface area contributed by atoms with E-state index in [1.807, 2.05) is 0 Å². The number of carbonyl (C=O) groups is 1. The summed E-state index contributed by atoms with van der Waals surface area (Å²) >= 11 is 0. The molecule has 0 saturated heterocycles. The van der Waals surface area contributed by atoms with Gasteiger partial charge in [-0.15, -0.1) is 0 Å². The second kappa shape index (κ2) is 6.25. The number of hydrogen-bond acceptors (Lipinski definition) is 6. The number of pyridine rings is 1. The largest absolute Gasteiger partial charge is 0.480 e. The number of nitrogens with one attached hydrogen (secondary N) is 2. The highest BCUT2D eigenvalue weighted by Gasteiger charge is 2.43. The number of carbonyl (C=O) groups excluding carboxylic acids is 1. The Morgan fingerprint density at radius 1 is 1.27 bits per heavy atom. The van der Waals surface area contributed by atoms with Crippen molar-refractivity contribution in [3.05, 3.63) is 24.7 Å². The molecule has 3 heterocycles. The highest BCUT2D eigenvalue weighted by atomic mass is 19.1. The van der Waals surface area contributed by atoms with Crippen molar-refractivity contribution in [1.82, 2.24) is 19.9 Å². The van der Waals surface area contributed by atoms with Gasteiger partial charge in [-0.25, -0.2) is 19.3 Å². The van der Waals surface area contributed by atoms with Crippen molar-refractivity contribution in [2.24, 2.45) is 5.92 Å². The molecule has 2 N–H and O–H groups in total. The van der Waals surface area contributed by atoms with Gasteiger partial charge in [0.1, 0.15) is 29.5 Å². The van der Waals surface area contributed by atoms with E-state index in [-0.39, 0.29) is 12.3 Å². The maximum Gasteiger partial charge on any atom is 0.231 e. The monoisotopic (exact) mass is 357 g/mol. The molecule has 1 fully saturated rings. The third-order valence-corrected chi connectivity index (χ3v) is 4.27. The van der Waals surface area contributed by atoms with Crippen LogP contribution in [0.3, 0.4) is 0 Å². The van der Waals surface area contributed by atoms with Gasteiger partial charge in [-0.05, 0) is 18.6 Å². The predicted molar refractivity (Wildman–Crippen MR) is 91.9 cm³/mol. The molecule has 0 aromatic carbocycles. The normalized spacial score (nSPS) is 18.6. The van der Waals surface area contributed by atoms with Crippen LogP contribution in [-0.2, 0) is 4.79 Å². The fraction of sp³-hybridized carbons (Fsp3) is 0.294. The zero-order valence-corrected chi connectivity index (χ0v) is 14.1. The quantitative estimate of drug-likeness (QED) is 0.727. The van der Waals surface area contributed by atoms with Gasteiger partial charge in [0.2, 0.25) is 17.7 Å². The Labute approximate surface area is 147 Å². The van der Waals surface area contributed by atoms with Gasteiger partial charge in [0, 0.05) is 17.1 Å². The van der Waals surface area contributed by atoms with Crippen molar-refractivity contribution in [2.75, 3.05) is 19.5 Å². The molecule has 1 aliphatic carbocycles. The van der Waals surface area contributed by atoms with Crippen LogP contribution in [0.4, 0.5) is 10.2 Å². The highest BCUT2D eigenvalue weighted by Crippen LogP contribution is 2.39. The summed E-state index contributed by atoms with van der Waals surface area (Å²) in [6.07, 6.45) is 2.33. The van der Waals surface area contributed by atoms with E-state index >= 15 is 0 Å². The number of fused-ring (bicyclic) bond motifs is 1. The SMILES string of the molecule is COc1ncnc(OC)c1-c1c[nH]c2nc(NC(=O)[C@@H]3C[C@@H]3F)ccc12. The van der Waals surface area contributed by atoms with Crippen molar-refractivity contribution in [3.63, 3.8) is 0 Å². The number of amides is 1. The number of rotatable bonds is 5. The molecule has 134 valence electrons. The zero-order valence-electron chi connectivity index (χ0n) is 14.1. The summed E-state index contributed by atoms with van der Waals surface area (Å²) in [5.74, 6) is 0.187. The van der Waals surface area contributed by atoms with E-state index in [1.54, 1.807) is 18.3 Å². The van der Waals surface area contributed by atoms with Crippen molar-refractivity contribution >= 4 is 22.8 Å². The third kappa shape index (κ3) is 2.71. The summed E-state index contributed by atoms with van der Waals surface area (Å²) < 4.78 is 23.6. The minimum Gasteiger partial charge on any atom is -0.480 e. The molecule has 1 saturated carbocycles. The van der Waals surface area contributed by atoms with Crippen LogP contribution in [0.5, 0.6) is 11.8 Å². The van der Waals surface area contributed by atoms with Crippen molar-refractivity contribution in [1.29, 1.82) is 0 Å². The smallest absolute Gasteiger partial charge is 0.231 e. The van der Waals surface area contributed by atoms with Crippen LogP contribution in [0.2, 0.25) is 0 Å². The number of methoxy groups -OCH3 is 2. The van der Waals surface area contributed by atoms with Gasteiger partial charge in [-0.3, -0.25) is 4.79 Å². The molecule has 1 amide bonds. The average Bonchev–Trinajstić information content (AvgIpc) is 3.25. The van der Waals surface area contributed by atoms with Gasteiger partial charge < -0.3 is 19.8 Å². The Balaban J connectivity index is 1.72. The van der Waals surface area contributed by atoms with E-state index in [2.05, 4.69) is 25.3 Å². The topological polar surface area (TPSA) is 102 Å². The molecular weight excluding hydrogens is 341 g/mol. The molecule has 2 atom stereocenters. The Hall–Kier alpha value is -3.23. The maximum atomic E-state index is 13.0. The predicted octanol–water partition coefficient (Wildman–Crippen LogP) is 2.33. The molecule has 9 heteroatoms. The van der Waals surface area contributed by atoms with Gasteiger partial charge in [-0.1, -0.05) is 0 Å². The number of aromatic amines is 1. The molecule has 4 rings (SSSR count). The second-order valence-corrected chi connectivity index (χ2v) is 5.91. The van der Waals surface area contributed by atoms with Crippen LogP contribution >= 0.6 is 0 Å². The first kappa shape index (κ1) is 16.2. The number of nitrogens with zero attached hydrogens (tertiary/aromatic N) is 3. The first-order valence-electron chi connectivity index (χ1n) is 7.98. The number of aromatic nitrogens is 4. The molecule has 3 aromatic rings. The lowest BCUT2D eigenvalue weighted by Gasteiger charge is -2.10. The number of halogens is 1. The minimum atomic E-state index is -1.05. The van der Waals surface area contributed by atoms with Crippen LogP contribution in [-0.4, -0.2) is 46.2 Å². The van der Waals surface area contributed by atoms with Crippen LogP contribution < -0.4 is 14.8 Å². The number of hydrogen-bond donors (Lipinski definition) is 2. The van der Waals surface area contributed by atoms with Crippen LogP contribution in [0.1, 0.15) is 6.42 Å². The minimum absolute atomic E-state index is 0.272. The van der Waals surface area contributed by atoms with Crippen LogP contribution in [0, 0.1) is 5.92 Å². The number of alkyl halides is 1. The van der Waals surface area contributed by atoms with E-state index in [0.29, 0.717) is 28.8 Å². The van der Waals surface area contributed by atoms with E-state index in [9.17, 15) is 9.18 Å². The Morgan fingerprint density at radius 2 is 1.96 bits per heavy atom. The molecule has 0 aliphatic heterocycles. The number of ether oxygens (including phenoxy) is 2. The van der Waals surface area contributed by atoms with Crippen LogP contribution in [0.15, 0.2) is 24.7 Å². The van der Waals surface area contributed by atoms with Crippen LogP contribution in [0.25, 0.3) is 22.2 Å². The van der Waals surface area contributed by atoms with Gasteiger partial charge >= 0.3 is 0 Å². The fourth-order valence-electron chi connectivity index (χ4n) is 2.83. The first-order chi connectivity index (χ1) is 12.6. The lowest BCUT2D eigenvalue weighted by molar-refractivity contribution is -0.117. The van der Waals surface area contributed by atoms with Gasteiger partial charge in [0.05, 0.1) is 20.1 Å². The fourth-order valence-corrected chi connectivity index (χ4v) is 2.83. The van der Waals surface area contributed by atoms with E-state index < -0.39 is 12.1 Å². The molecule has 26 heavy (non-hydrogen) atoms. The zero-order chi connectivity index (χ0) is 18.3. The maximum absolute atomic E-state index is 13.0. The summed E-state index contributed by atoms with van der Waals surface area (Å²) in [5.41, 5.74) is 1.91. The molecule has 0 bridgehead atoms. The summed E-state index contributed by atoms with van der Waals surface area (Å²) in [7, 11) is 3.03. The van der Waals surface area contributed by atoms with Crippen molar-refractivity contribution < 1.29 is 18.7 Å². The molecule has 0 radical (unpaired) electrons. The molecule has 0 unspecified atom stereocenters. The second-order valence-electron chi connectivity index (χ2n) is 5.91. The van der Waals surface area contributed by atoms with Gasteiger partial charge in [0.15, 0.2) is 0 Å². The van der Waals surface area contributed by atoms with E-state index in [1.165, 1.54) is 20.5 Å². The Kier molecular flexibility index (Phi) is 3.90. The van der Waals surface area contributed by atoms with E-state index in [0.717, 1.165) is 10.9 Å². The standard InChI is InChI=1S/C17H16FN5O3/c1-25-16-13(17(26-2)21-7-20-16)10-6-19-14-8(10)3-4-12(22-14)23-15(24)9-5-11(9)18/h3-4,6-7,9,11H,5H2,1-2H3,(H2,19,22,23,24)/t9-,11+/m1/s1. The first-order valence-corrected chi connectivity index (χ1v) is 7.98. The van der Waals surface area contributed by atoms with Crippen molar-refractivity contribution in [2.45, 2.75) is 12.6 Å². The molecule has 0 spiro atoms. The Bertz CT molecular complexity index is 967. The Morgan fingerprint density at radius 3 is 2.58 bits per heavy atom. The lowest BCUT2D eigenvalue weighted by Crippen LogP contribution is -2.15. The summed E-state index contributed by atoms with van der Waals surface area (Å²) in [6.45, 7) is 0. The number of H-pyrrole nitrogens is 1. The third-order valence-electron chi connectivity index (χ3n) is 4.27. The summed E-state index contributed by atoms with van der Waals surface area (Å²) in [6, 6.07) is 3.46. The van der Waals surface area contributed by atoms with E-state index in [4.69, 9.17) is 9.47 Å².